The number of ether oxygens (including phenoxy) is 1. The SMILES string of the molecule is CCCCCCCCCCCCCCCCCC(=O)OCCCCCCCCCCCCCC=O. The maximum atomic E-state index is 11.9. The number of unbranched alkanes of at least 4 members (excludes halogenated alkanes) is 25. The second-order valence-corrected chi connectivity index (χ2v) is 10.8. The van der Waals surface area contributed by atoms with Gasteiger partial charge in [-0.3, -0.25) is 4.79 Å². The lowest BCUT2D eigenvalue weighted by Gasteiger charge is -2.06. The van der Waals surface area contributed by atoms with Crippen LogP contribution in [-0.2, 0) is 14.3 Å². The van der Waals surface area contributed by atoms with Crippen LogP contribution in [-0.4, -0.2) is 18.9 Å². The molecule has 3 nitrogen and oxygen atoms in total. The fourth-order valence-electron chi connectivity index (χ4n) is 4.82. The number of carbonyl (C=O) groups is 2. The molecular weight excluding hydrogens is 432 g/mol. The van der Waals surface area contributed by atoms with Crippen LogP contribution in [0.5, 0.6) is 0 Å². The highest BCUT2D eigenvalue weighted by Gasteiger charge is 2.02. The van der Waals surface area contributed by atoms with E-state index in [-0.39, 0.29) is 5.97 Å². The van der Waals surface area contributed by atoms with Gasteiger partial charge in [-0.15, -0.1) is 0 Å². The van der Waals surface area contributed by atoms with E-state index in [1.165, 1.54) is 148 Å². The van der Waals surface area contributed by atoms with Gasteiger partial charge in [0.25, 0.3) is 0 Å². The minimum absolute atomic E-state index is 0.00726. The highest BCUT2D eigenvalue weighted by molar-refractivity contribution is 5.69. The van der Waals surface area contributed by atoms with Gasteiger partial charge >= 0.3 is 5.97 Å². The molecule has 3 heteroatoms. The molecule has 0 aromatic rings. The van der Waals surface area contributed by atoms with E-state index in [9.17, 15) is 9.59 Å². The molecule has 0 aromatic carbocycles. The summed E-state index contributed by atoms with van der Waals surface area (Å²) in [6.07, 6.45) is 36.3. The van der Waals surface area contributed by atoms with Crippen molar-refractivity contribution in [2.45, 2.75) is 187 Å². The van der Waals surface area contributed by atoms with Crippen LogP contribution in [0.1, 0.15) is 187 Å². The maximum Gasteiger partial charge on any atom is 0.305 e. The van der Waals surface area contributed by atoms with Crippen LogP contribution in [0.2, 0.25) is 0 Å². The summed E-state index contributed by atoms with van der Waals surface area (Å²) in [5.41, 5.74) is 0. The minimum atomic E-state index is 0.00726. The molecule has 0 rings (SSSR count). The summed E-state index contributed by atoms with van der Waals surface area (Å²) in [5, 5.41) is 0. The largest absolute Gasteiger partial charge is 0.466 e. The number of rotatable bonds is 30. The molecule has 0 bridgehead atoms. The minimum Gasteiger partial charge on any atom is -0.466 e. The monoisotopic (exact) mass is 494 g/mol. The van der Waals surface area contributed by atoms with E-state index in [2.05, 4.69) is 6.92 Å². The lowest BCUT2D eigenvalue weighted by atomic mass is 10.0. The van der Waals surface area contributed by atoms with E-state index in [0.717, 1.165) is 32.0 Å². The van der Waals surface area contributed by atoms with E-state index in [4.69, 9.17) is 4.74 Å². The van der Waals surface area contributed by atoms with Gasteiger partial charge in [-0.05, 0) is 19.3 Å². The van der Waals surface area contributed by atoms with Crippen molar-refractivity contribution >= 4 is 12.3 Å². The van der Waals surface area contributed by atoms with Crippen LogP contribution in [0.25, 0.3) is 0 Å². The Morgan fingerprint density at radius 1 is 0.486 bits per heavy atom. The number of esters is 1. The Hall–Kier alpha value is -0.860. The summed E-state index contributed by atoms with van der Waals surface area (Å²) in [6.45, 7) is 2.89. The quantitative estimate of drug-likeness (QED) is 0.0566. The van der Waals surface area contributed by atoms with E-state index in [0.29, 0.717) is 13.0 Å². The second-order valence-electron chi connectivity index (χ2n) is 10.8. The van der Waals surface area contributed by atoms with Gasteiger partial charge in [0.15, 0.2) is 0 Å². The van der Waals surface area contributed by atoms with Crippen molar-refractivity contribution in [3.63, 3.8) is 0 Å². The molecule has 0 heterocycles. The molecule has 0 amide bonds. The average Bonchev–Trinajstić information content (AvgIpc) is 2.86. The molecule has 208 valence electrons. The molecule has 0 unspecified atom stereocenters. The molecule has 0 fully saturated rings. The van der Waals surface area contributed by atoms with Gasteiger partial charge in [0, 0.05) is 12.8 Å². The fraction of sp³-hybridized carbons (Fsp3) is 0.938. The molecule has 0 saturated carbocycles. The number of carbonyl (C=O) groups excluding carboxylic acids is 2. The lowest BCUT2D eigenvalue weighted by molar-refractivity contribution is -0.143. The van der Waals surface area contributed by atoms with Crippen LogP contribution < -0.4 is 0 Å². The first kappa shape index (κ1) is 34.1. The van der Waals surface area contributed by atoms with E-state index >= 15 is 0 Å². The Balaban J connectivity index is 3.14. The van der Waals surface area contributed by atoms with Gasteiger partial charge in [0.1, 0.15) is 6.29 Å². The van der Waals surface area contributed by atoms with Crippen molar-refractivity contribution in [2.24, 2.45) is 0 Å². The third-order valence-electron chi connectivity index (χ3n) is 7.21. The summed E-state index contributed by atoms with van der Waals surface area (Å²) in [5.74, 6) is 0.00726. The zero-order valence-corrected chi connectivity index (χ0v) is 23.8. The van der Waals surface area contributed by atoms with Crippen LogP contribution in [0.4, 0.5) is 0 Å². The number of hydrogen-bond acceptors (Lipinski definition) is 3. The van der Waals surface area contributed by atoms with E-state index < -0.39 is 0 Å². The Labute approximate surface area is 219 Å². The smallest absolute Gasteiger partial charge is 0.305 e. The number of aldehydes is 1. The second kappa shape index (κ2) is 31.2. The first-order chi connectivity index (χ1) is 17.3. The molecule has 0 radical (unpaired) electrons. The molecule has 0 atom stereocenters. The summed E-state index contributed by atoms with van der Waals surface area (Å²) in [6, 6.07) is 0. The topological polar surface area (TPSA) is 43.4 Å². The normalized spacial score (nSPS) is 11.1. The highest BCUT2D eigenvalue weighted by Crippen LogP contribution is 2.14. The zero-order chi connectivity index (χ0) is 25.5. The van der Waals surface area contributed by atoms with Crippen molar-refractivity contribution in [3.05, 3.63) is 0 Å². The fourth-order valence-corrected chi connectivity index (χ4v) is 4.82. The van der Waals surface area contributed by atoms with Gasteiger partial charge in [-0.2, -0.15) is 0 Å². The van der Waals surface area contributed by atoms with Gasteiger partial charge in [-0.1, -0.05) is 155 Å². The lowest BCUT2D eigenvalue weighted by Crippen LogP contribution is -2.05. The van der Waals surface area contributed by atoms with Crippen molar-refractivity contribution < 1.29 is 14.3 Å². The first-order valence-electron chi connectivity index (χ1n) is 15.9. The highest BCUT2D eigenvalue weighted by atomic mass is 16.5. The van der Waals surface area contributed by atoms with Gasteiger partial charge in [0.05, 0.1) is 6.61 Å². The molecule has 0 saturated heterocycles. The van der Waals surface area contributed by atoms with E-state index in [1.807, 2.05) is 0 Å². The Morgan fingerprint density at radius 2 is 0.829 bits per heavy atom. The van der Waals surface area contributed by atoms with Crippen LogP contribution in [0.15, 0.2) is 0 Å². The molecule has 0 spiro atoms. The zero-order valence-electron chi connectivity index (χ0n) is 23.8. The summed E-state index contributed by atoms with van der Waals surface area (Å²) in [7, 11) is 0. The summed E-state index contributed by atoms with van der Waals surface area (Å²) in [4.78, 5) is 22.1. The molecule has 0 aromatic heterocycles. The van der Waals surface area contributed by atoms with Crippen molar-refractivity contribution in [2.75, 3.05) is 6.61 Å². The van der Waals surface area contributed by atoms with E-state index in [1.54, 1.807) is 0 Å². The molecular formula is C32H62O3. The molecule has 0 N–H and O–H groups in total. The maximum absolute atomic E-state index is 11.9. The third kappa shape index (κ3) is 31.1. The van der Waals surface area contributed by atoms with Crippen molar-refractivity contribution in [1.29, 1.82) is 0 Å². The first-order valence-corrected chi connectivity index (χ1v) is 15.9. The Bertz CT molecular complexity index is 421. The standard InChI is InChI=1S/C32H62O3/c1-2-3-4-5-6-7-8-9-10-11-14-17-20-23-26-29-32(34)35-31-28-25-22-19-16-13-12-15-18-21-24-27-30-33/h30H,2-29,31H2,1H3. The van der Waals surface area contributed by atoms with Crippen LogP contribution in [0.3, 0.4) is 0 Å². The van der Waals surface area contributed by atoms with Crippen LogP contribution >= 0.6 is 0 Å². The van der Waals surface area contributed by atoms with Gasteiger partial charge in [-0.25, -0.2) is 0 Å². The van der Waals surface area contributed by atoms with Crippen LogP contribution in [0, 0.1) is 0 Å². The Kier molecular flexibility index (Phi) is 30.4. The molecule has 0 aliphatic rings. The Morgan fingerprint density at radius 3 is 1.23 bits per heavy atom. The number of hydrogen-bond donors (Lipinski definition) is 0. The molecule has 35 heavy (non-hydrogen) atoms. The van der Waals surface area contributed by atoms with Gasteiger partial charge in [0.2, 0.25) is 0 Å². The molecule has 0 aliphatic carbocycles. The van der Waals surface area contributed by atoms with Crippen molar-refractivity contribution in [3.8, 4) is 0 Å². The average molecular weight is 495 g/mol. The summed E-state index contributed by atoms with van der Waals surface area (Å²) < 4.78 is 5.40. The van der Waals surface area contributed by atoms with Gasteiger partial charge < -0.3 is 9.53 Å². The third-order valence-corrected chi connectivity index (χ3v) is 7.21. The summed E-state index contributed by atoms with van der Waals surface area (Å²) >= 11 is 0. The predicted molar refractivity (Wildman–Crippen MR) is 152 cm³/mol. The molecule has 0 aliphatic heterocycles. The predicted octanol–water partition coefficient (Wildman–Crippen LogP) is 10.7. The van der Waals surface area contributed by atoms with Crippen molar-refractivity contribution in [1.82, 2.24) is 0 Å².